The van der Waals surface area contributed by atoms with Gasteiger partial charge in [0.05, 0.1) is 29.8 Å². The fourth-order valence-electron chi connectivity index (χ4n) is 6.08. The lowest BCUT2D eigenvalue weighted by molar-refractivity contribution is -0.144. The Morgan fingerprint density at radius 3 is 2.62 bits per heavy atom. The van der Waals surface area contributed by atoms with Gasteiger partial charge < -0.3 is 24.5 Å². The molecule has 34 heavy (non-hydrogen) atoms. The Morgan fingerprint density at radius 1 is 1.06 bits per heavy atom. The highest BCUT2D eigenvalue weighted by molar-refractivity contribution is 8.02. The zero-order valence-corrected chi connectivity index (χ0v) is 20.5. The van der Waals surface area contributed by atoms with E-state index in [0.29, 0.717) is 45.8 Å². The minimum Gasteiger partial charge on any atom is -0.396 e. The monoisotopic (exact) mass is 490 g/mol. The van der Waals surface area contributed by atoms with Gasteiger partial charge in [-0.2, -0.15) is 0 Å². The first-order chi connectivity index (χ1) is 16.5. The van der Waals surface area contributed by atoms with E-state index < -0.39 is 22.6 Å². The first-order valence-electron chi connectivity index (χ1n) is 12.3. The van der Waals surface area contributed by atoms with E-state index in [1.807, 2.05) is 29.2 Å². The zero-order valence-electron chi connectivity index (χ0n) is 19.7. The van der Waals surface area contributed by atoms with E-state index in [2.05, 4.69) is 4.90 Å². The smallest absolute Gasteiger partial charge is 0.247 e. The summed E-state index contributed by atoms with van der Waals surface area (Å²) in [5, 5.41) is 9.34. The van der Waals surface area contributed by atoms with Gasteiger partial charge in [-0.25, -0.2) is 0 Å². The molecule has 5 aliphatic heterocycles. The van der Waals surface area contributed by atoms with Crippen molar-refractivity contribution in [2.75, 3.05) is 72.7 Å². The summed E-state index contributed by atoms with van der Waals surface area (Å²) in [5.74, 6) is -1.29. The molecule has 0 radical (unpaired) electrons. The molecule has 0 aromatic carbocycles. The lowest BCUT2D eigenvalue weighted by atomic mass is 9.78. The molecule has 3 saturated heterocycles. The van der Waals surface area contributed by atoms with Crippen LogP contribution in [-0.4, -0.2) is 131 Å². The van der Waals surface area contributed by atoms with E-state index in [9.17, 15) is 19.5 Å². The summed E-state index contributed by atoms with van der Waals surface area (Å²) >= 11 is 1.60. The standard InChI is InChI=1S/C24H34N4O5S/c1-25-7-2-5-17-18(21(25)30)19-22(31)28(9-4-14-29)20-23(32)27(8-3-6-24(19,20)34-17)11-10-26-12-15-33-16-13-26/h2-3,5-6,17-20,29H,4,7-16H2,1H3/t17-,18+,19+,20?,24+/m1/s1. The lowest BCUT2D eigenvalue weighted by Gasteiger charge is -2.36. The van der Waals surface area contributed by atoms with Crippen LogP contribution in [0, 0.1) is 11.8 Å². The number of likely N-dealkylation sites (tertiary alicyclic amines) is 1. The van der Waals surface area contributed by atoms with Crippen LogP contribution in [0.2, 0.25) is 0 Å². The molecule has 0 aliphatic carbocycles. The first kappa shape index (κ1) is 23.8. The summed E-state index contributed by atoms with van der Waals surface area (Å²) in [6, 6.07) is -0.663. The minimum absolute atomic E-state index is 0.0326. The van der Waals surface area contributed by atoms with Gasteiger partial charge in [-0.3, -0.25) is 19.3 Å². The highest BCUT2D eigenvalue weighted by Crippen LogP contribution is 2.60. The van der Waals surface area contributed by atoms with Crippen LogP contribution in [0.5, 0.6) is 0 Å². The number of ether oxygens (including phenoxy) is 1. The van der Waals surface area contributed by atoms with E-state index >= 15 is 0 Å². The molecule has 5 rings (SSSR count). The number of aliphatic hydroxyl groups excluding tert-OH is 1. The zero-order chi connectivity index (χ0) is 23.9. The van der Waals surface area contributed by atoms with E-state index in [0.717, 1.165) is 19.6 Å². The van der Waals surface area contributed by atoms with Gasteiger partial charge in [0.25, 0.3) is 0 Å². The molecule has 5 heterocycles. The largest absolute Gasteiger partial charge is 0.396 e. The van der Waals surface area contributed by atoms with Gasteiger partial charge in [-0.1, -0.05) is 24.3 Å². The van der Waals surface area contributed by atoms with Crippen LogP contribution >= 0.6 is 11.8 Å². The van der Waals surface area contributed by atoms with Crippen molar-refractivity contribution in [2.24, 2.45) is 11.8 Å². The van der Waals surface area contributed by atoms with E-state index in [1.54, 1.807) is 28.6 Å². The molecule has 5 atom stereocenters. The Balaban J connectivity index is 1.46. The normalized spacial score (nSPS) is 35.9. The third-order valence-corrected chi connectivity index (χ3v) is 9.53. The number of amides is 3. The van der Waals surface area contributed by atoms with Crippen molar-refractivity contribution in [1.82, 2.24) is 19.6 Å². The van der Waals surface area contributed by atoms with Crippen molar-refractivity contribution >= 4 is 29.5 Å². The van der Waals surface area contributed by atoms with Crippen molar-refractivity contribution < 1.29 is 24.2 Å². The maximum atomic E-state index is 14.0. The predicted octanol–water partition coefficient (Wildman–Crippen LogP) is -0.575. The summed E-state index contributed by atoms with van der Waals surface area (Å²) in [5.41, 5.74) is 0. The summed E-state index contributed by atoms with van der Waals surface area (Å²) in [6.07, 6.45) is 8.51. The number of morpholine rings is 1. The van der Waals surface area contributed by atoms with Crippen LogP contribution in [0.1, 0.15) is 6.42 Å². The van der Waals surface area contributed by atoms with Gasteiger partial charge in [0.15, 0.2) is 0 Å². The maximum absolute atomic E-state index is 14.0. The SMILES string of the molecule is CN1CC=C[C@H]2S[C@]34C=CCN(CCN5CCOCC5)C(=O)C3N(CCCO)C(=O)[C@@H]4[C@H]2C1=O. The highest BCUT2D eigenvalue weighted by atomic mass is 32.2. The minimum atomic E-state index is -0.773. The second-order valence-corrected chi connectivity index (χ2v) is 11.2. The van der Waals surface area contributed by atoms with Crippen LogP contribution in [0.3, 0.4) is 0 Å². The molecule has 0 aromatic rings. The fourth-order valence-corrected chi connectivity index (χ4v) is 8.09. The molecule has 3 amide bonds. The summed E-state index contributed by atoms with van der Waals surface area (Å²) < 4.78 is 4.66. The van der Waals surface area contributed by atoms with E-state index in [1.165, 1.54) is 0 Å². The third-order valence-electron chi connectivity index (χ3n) is 7.79. The first-order valence-corrected chi connectivity index (χ1v) is 13.1. The number of hydrogen-bond donors (Lipinski definition) is 1. The number of likely N-dealkylation sites (N-methyl/N-ethyl adjacent to an activating group) is 1. The number of fused-ring (bicyclic) bond motifs is 2. The number of carbonyl (C=O) groups excluding carboxylic acids is 3. The van der Waals surface area contributed by atoms with Crippen molar-refractivity contribution in [3.05, 3.63) is 24.3 Å². The predicted molar refractivity (Wildman–Crippen MR) is 128 cm³/mol. The van der Waals surface area contributed by atoms with Crippen molar-refractivity contribution in [3.8, 4) is 0 Å². The number of nitrogens with zero attached hydrogens (tertiary/aromatic N) is 4. The molecule has 1 unspecified atom stereocenters. The molecule has 1 N–H and O–H groups in total. The van der Waals surface area contributed by atoms with Gasteiger partial charge in [-0.05, 0) is 6.42 Å². The van der Waals surface area contributed by atoms with E-state index in [4.69, 9.17) is 4.74 Å². The van der Waals surface area contributed by atoms with Crippen LogP contribution in [0.25, 0.3) is 0 Å². The summed E-state index contributed by atoms with van der Waals surface area (Å²) in [6.45, 7) is 5.77. The Kier molecular flexibility index (Phi) is 6.76. The topological polar surface area (TPSA) is 93.6 Å². The van der Waals surface area contributed by atoms with Gasteiger partial charge in [-0.15, -0.1) is 11.8 Å². The van der Waals surface area contributed by atoms with Gasteiger partial charge in [0.2, 0.25) is 17.7 Å². The van der Waals surface area contributed by atoms with Crippen molar-refractivity contribution in [2.45, 2.75) is 22.5 Å². The van der Waals surface area contributed by atoms with Crippen molar-refractivity contribution in [1.29, 1.82) is 0 Å². The van der Waals surface area contributed by atoms with Gasteiger partial charge >= 0.3 is 0 Å². The Labute approximate surface area is 204 Å². The Bertz CT molecular complexity index is 891. The molecule has 1 spiro atoms. The molecular weight excluding hydrogens is 456 g/mol. The summed E-state index contributed by atoms with van der Waals surface area (Å²) in [4.78, 5) is 48.7. The number of rotatable bonds is 6. The molecule has 5 aliphatic rings. The number of hydrogen-bond acceptors (Lipinski definition) is 7. The molecule has 3 fully saturated rings. The average Bonchev–Trinajstić information content (AvgIpc) is 3.16. The van der Waals surface area contributed by atoms with Crippen LogP contribution in [0.15, 0.2) is 24.3 Å². The molecule has 0 saturated carbocycles. The van der Waals surface area contributed by atoms with Gasteiger partial charge in [0, 0.05) is 64.7 Å². The summed E-state index contributed by atoms with van der Waals surface area (Å²) in [7, 11) is 1.77. The average molecular weight is 491 g/mol. The lowest BCUT2D eigenvalue weighted by Crippen LogP contribution is -2.54. The number of aliphatic hydroxyl groups is 1. The van der Waals surface area contributed by atoms with Crippen LogP contribution in [-0.2, 0) is 19.1 Å². The molecule has 9 nitrogen and oxygen atoms in total. The molecule has 10 heteroatoms. The molecular formula is C24H34N4O5S. The molecule has 0 aromatic heterocycles. The van der Waals surface area contributed by atoms with Crippen LogP contribution < -0.4 is 0 Å². The second kappa shape index (κ2) is 9.64. The molecule has 0 bridgehead atoms. The van der Waals surface area contributed by atoms with Crippen molar-refractivity contribution in [3.63, 3.8) is 0 Å². The van der Waals surface area contributed by atoms with E-state index in [-0.39, 0.29) is 29.6 Å². The number of thioether (sulfide) groups is 1. The Hall–Kier alpha value is -1.88. The van der Waals surface area contributed by atoms with Crippen LogP contribution in [0.4, 0.5) is 0 Å². The highest BCUT2D eigenvalue weighted by Gasteiger charge is 2.70. The number of carbonyl (C=O) groups is 3. The van der Waals surface area contributed by atoms with Gasteiger partial charge in [0.1, 0.15) is 6.04 Å². The fraction of sp³-hybridized carbons (Fsp3) is 0.708. The quantitative estimate of drug-likeness (QED) is 0.498. The Morgan fingerprint density at radius 2 is 1.85 bits per heavy atom. The second-order valence-electron chi connectivity index (χ2n) is 9.74. The third kappa shape index (κ3) is 3.88. The maximum Gasteiger partial charge on any atom is 0.247 e. The molecule has 186 valence electrons.